The van der Waals surface area contributed by atoms with Crippen LogP contribution in [0.2, 0.25) is 5.02 Å². The van der Waals surface area contributed by atoms with Crippen LogP contribution in [0.5, 0.6) is 0 Å². The number of rotatable bonds is 10. The summed E-state index contributed by atoms with van der Waals surface area (Å²) in [7, 11) is 0. The van der Waals surface area contributed by atoms with Gasteiger partial charge in [-0.3, -0.25) is 19.1 Å². The number of hydrogen-bond donors (Lipinski definition) is 2. The van der Waals surface area contributed by atoms with E-state index in [9.17, 15) is 18.8 Å². The predicted molar refractivity (Wildman–Crippen MR) is 132 cm³/mol. The maximum atomic E-state index is 14.2. The smallest absolute Gasteiger partial charge is 0.269 e. The third kappa shape index (κ3) is 6.36. The van der Waals surface area contributed by atoms with Crippen LogP contribution in [0.15, 0.2) is 42.5 Å². The van der Waals surface area contributed by atoms with Gasteiger partial charge in [-0.2, -0.15) is 5.10 Å². The summed E-state index contributed by atoms with van der Waals surface area (Å²) in [4.78, 5) is 39.4. The molecule has 1 aromatic heterocycles. The normalized spacial score (nSPS) is 12.1. The third-order valence-electron chi connectivity index (χ3n) is 5.66. The van der Waals surface area contributed by atoms with E-state index in [2.05, 4.69) is 10.4 Å². The van der Waals surface area contributed by atoms with Crippen LogP contribution in [0.3, 0.4) is 0 Å². The predicted octanol–water partition coefficient (Wildman–Crippen LogP) is 3.51. The number of halogens is 2. The Morgan fingerprint density at radius 3 is 2.54 bits per heavy atom. The molecule has 0 aliphatic heterocycles. The first-order valence-corrected chi connectivity index (χ1v) is 11.7. The summed E-state index contributed by atoms with van der Waals surface area (Å²) in [5, 5.41) is 7.43. The van der Waals surface area contributed by atoms with Gasteiger partial charge in [0.05, 0.1) is 17.1 Å². The molecular weight excluding hydrogens is 473 g/mol. The fourth-order valence-corrected chi connectivity index (χ4v) is 4.23. The average Bonchev–Trinajstić information content (AvgIpc) is 3.16. The minimum Gasteiger partial charge on any atom is -0.364 e. The van der Waals surface area contributed by atoms with E-state index >= 15 is 0 Å². The third-order valence-corrected chi connectivity index (χ3v) is 5.95. The number of nitrogens with two attached hydrogens (primary N) is 1. The number of para-hydroxylation sites is 1. The molecule has 0 saturated carbocycles. The summed E-state index contributed by atoms with van der Waals surface area (Å²) >= 11 is 5.81. The van der Waals surface area contributed by atoms with E-state index in [4.69, 9.17) is 17.3 Å². The molecule has 0 spiro atoms. The highest BCUT2D eigenvalue weighted by molar-refractivity contribution is 6.30. The molecule has 0 radical (unpaired) electrons. The monoisotopic (exact) mass is 501 g/mol. The van der Waals surface area contributed by atoms with Crippen molar-refractivity contribution in [2.24, 2.45) is 11.7 Å². The Kier molecular flexibility index (Phi) is 8.45. The Morgan fingerprint density at radius 1 is 1.14 bits per heavy atom. The summed E-state index contributed by atoms with van der Waals surface area (Å²) in [6, 6.07) is 11.3. The molecular formula is C25H29ClFN5O3. The first-order chi connectivity index (χ1) is 16.6. The quantitative estimate of drug-likeness (QED) is 0.443. The average molecular weight is 502 g/mol. The molecule has 35 heavy (non-hydrogen) atoms. The summed E-state index contributed by atoms with van der Waals surface area (Å²) in [5.41, 5.74) is 6.38. The first-order valence-electron chi connectivity index (χ1n) is 11.3. The molecule has 0 bridgehead atoms. The summed E-state index contributed by atoms with van der Waals surface area (Å²) in [6.07, 6.45) is 0.675. The second-order valence-corrected chi connectivity index (χ2v) is 9.28. The minimum absolute atomic E-state index is 0.0270. The Bertz CT molecular complexity index is 1240. The number of hydrogen-bond acceptors (Lipinski definition) is 4. The maximum absolute atomic E-state index is 14.2. The van der Waals surface area contributed by atoms with E-state index in [1.54, 1.807) is 30.3 Å². The van der Waals surface area contributed by atoms with Crippen molar-refractivity contribution in [3.63, 3.8) is 0 Å². The van der Waals surface area contributed by atoms with Crippen LogP contribution in [0, 0.1) is 11.7 Å². The summed E-state index contributed by atoms with van der Waals surface area (Å²) in [5.74, 6) is -1.77. The van der Waals surface area contributed by atoms with Crippen LogP contribution in [0.1, 0.15) is 43.2 Å². The van der Waals surface area contributed by atoms with E-state index in [0.717, 1.165) is 0 Å². The van der Waals surface area contributed by atoms with Crippen molar-refractivity contribution >= 4 is 40.2 Å². The van der Waals surface area contributed by atoms with Crippen LogP contribution >= 0.6 is 11.6 Å². The number of fused-ring (bicyclic) bond motifs is 1. The number of carbonyl (C=O) groups excluding carboxylic acids is 3. The molecule has 3 N–H and O–H groups in total. The molecule has 1 heterocycles. The Hall–Kier alpha value is -3.46. The van der Waals surface area contributed by atoms with Gasteiger partial charge in [0, 0.05) is 23.5 Å². The number of benzene rings is 2. The Labute approximate surface area is 208 Å². The van der Waals surface area contributed by atoms with Gasteiger partial charge in [-0.1, -0.05) is 55.8 Å². The van der Waals surface area contributed by atoms with Crippen molar-refractivity contribution in [1.29, 1.82) is 0 Å². The minimum atomic E-state index is -0.690. The van der Waals surface area contributed by atoms with Crippen molar-refractivity contribution in [1.82, 2.24) is 20.0 Å². The largest absolute Gasteiger partial charge is 0.364 e. The molecule has 0 aliphatic carbocycles. The highest BCUT2D eigenvalue weighted by Crippen LogP contribution is 2.20. The van der Waals surface area contributed by atoms with Crippen molar-refractivity contribution in [3.8, 4) is 0 Å². The van der Waals surface area contributed by atoms with Crippen molar-refractivity contribution < 1.29 is 18.8 Å². The lowest BCUT2D eigenvalue weighted by molar-refractivity contribution is -0.139. The fraction of sp³-hybridized carbons (Fsp3) is 0.360. The van der Waals surface area contributed by atoms with E-state index in [1.165, 1.54) is 21.7 Å². The Morgan fingerprint density at radius 2 is 1.86 bits per heavy atom. The molecule has 0 aliphatic rings. The number of primary amides is 1. The number of aromatic nitrogens is 2. The van der Waals surface area contributed by atoms with Gasteiger partial charge in [0.1, 0.15) is 12.4 Å². The molecule has 1 unspecified atom stereocenters. The van der Waals surface area contributed by atoms with E-state index < -0.39 is 17.6 Å². The van der Waals surface area contributed by atoms with Crippen LogP contribution in [-0.2, 0) is 22.7 Å². The summed E-state index contributed by atoms with van der Waals surface area (Å²) < 4.78 is 15.6. The highest BCUT2D eigenvalue weighted by Gasteiger charge is 2.25. The van der Waals surface area contributed by atoms with E-state index in [1.807, 2.05) is 20.8 Å². The van der Waals surface area contributed by atoms with Gasteiger partial charge < -0.3 is 16.0 Å². The second-order valence-electron chi connectivity index (χ2n) is 8.88. The van der Waals surface area contributed by atoms with Crippen LogP contribution in [0.25, 0.3) is 10.9 Å². The summed E-state index contributed by atoms with van der Waals surface area (Å²) in [6.45, 7) is 5.49. The molecule has 1 atom stereocenters. The van der Waals surface area contributed by atoms with Gasteiger partial charge in [0.2, 0.25) is 11.8 Å². The molecule has 3 amide bonds. The maximum Gasteiger partial charge on any atom is 0.269 e. The molecule has 3 rings (SSSR count). The van der Waals surface area contributed by atoms with E-state index in [0.29, 0.717) is 17.3 Å². The molecule has 10 heteroatoms. The van der Waals surface area contributed by atoms with Gasteiger partial charge >= 0.3 is 0 Å². The van der Waals surface area contributed by atoms with Crippen molar-refractivity contribution in [3.05, 3.63) is 64.6 Å². The van der Waals surface area contributed by atoms with Gasteiger partial charge in [-0.05, 0) is 31.4 Å². The second kappa shape index (κ2) is 11.3. The topological polar surface area (TPSA) is 110 Å². The molecule has 0 saturated heterocycles. The molecule has 0 fully saturated rings. The Balaban J connectivity index is 1.78. The number of nitrogens with zero attached hydrogens (tertiary/aromatic N) is 3. The number of nitrogens with one attached hydrogen (secondary N) is 1. The van der Waals surface area contributed by atoms with Crippen LogP contribution in [-0.4, -0.2) is 45.0 Å². The van der Waals surface area contributed by atoms with Crippen LogP contribution < -0.4 is 11.1 Å². The SMILES string of the molecule is CC(C)CC(C)N(CC(=O)NCc1cccc(Cl)c1F)C(=O)Cn1nc(C(N)=O)c2ccccc21. The van der Waals surface area contributed by atoms with Crippen molar-refractivity contribution in [2.45, 2.75) is 46.3 Å². The zero-order valence-corrected chi connectivity index (χ0v) is 20.7. The van der Waals surface area contributed by atoms with Gasteiger partial charge in [-0.25, -0.2) is 4.39 Å². The van der Waals surface area contributed by atoms with Gasteiger partial charge in [0.15, 0.2) is 5.69 Å². The van der Waals surface area contributed by atoms with Crippen molar-refractivity contribution in [2.75, 3.05) is 6.54 Å². The molecule has 186 valence electrons. The molecule has 2 aromatic carbocycles. The zero-order valence-electron chi connectivity index (χ0n) is 19.9. The van der Waals surface area contributed by atoms with Gasteiger partial charge in [0.25, 0.3) is 5.91 Å². The number of carbonyl (C=O) groups is 3. The van der Waals surface area contributed by atoms with Gasteiger partial charge in [-0.15, -0.1) is 0 Å². The lowest BCUT2D eigenvalue weighted by Gasteiger charge is -2.30. The fourth-order valence-electron chi connectivity index (χ4n) is 4.04. The highest BCUT2D eigenvalue weighted by atomic mass is 35.5. The molecule has 8 nitrogen and oxygen atoms in total. The lowest BCUT2D eigenvalue weighted by Crippen LogP contribution is -2.47. The molecule has 3 aromatic rings. The number of amides is 3. The zero-order chi connectivity index (χ0) is 25.7. The first kappa shape index (κ1) is 26.2. The standard InChI is InChI=1S/C25H29ClFN5O3/c1-15(2)11-16(3)31(13-21(33)29-12-17-7-6-9-19(26)23(17)27)22(34)14-32-20-10-5-4-8-18(20)24(30-32)25(28)35/h4-10,15-16H,11-14H2,1-3H3,(H2,28,35)(H,29,33). The van der Waals surface area contributed by atoms with E-state index in [-0.39, 0.29) is 53.8 Å². The van der Waals surface area contributed by atoms with Crippen LogP contribution in [0.4, 0.5) is 4.39 Å². The lowest BCUT2D eigenvalue weighted by atomic mass is 10.0.